The zero-order chi connectivity index (χ0) is 15.3. The number of rotatable bonds is 8. The number of hydrogen-bond donors (Lipinski definition) is 2. The summed E-state index contributed by atoms with van der Waals surface area (Å²) in [5, 5.41) is 10.7. The van der Waals surface area contributed by atoms with Gasteiger partial charge in [-0.1, -0.05) is 13.8 Å². The van der Waals surface area contributed by atoms with E-state index in [2.05, 4.69) is 0 Å². The van der Waals surface area contributed by atoms with Crippen LogP contribution in [-0.4, -0.2) is 35.9 Å². The summed E-state index contributed by atoms with van der Waals surface area (Å²) >= 11 is 0. The van der Waals surface area contributed by atoms with Crippen molar-refractivity contribution < 1.29 is 32.3 Å². The summed E-state index contributed by atoms with van der Waals surface area (Å²) in [4.78, 5) is 22.5. The fourth-order valence-electron chi connectivity index (χ4n) is 1.54. The van der Waals surface area contributed by atoms with Crippen LogP contribution in [0.4, 0.5) is 17.6 Å². The van der Waals surface area contributed by atoms with Gasteiger partial charge in [-0.3, -0.25) is 9.59 Å². The predicted octanol–water partition coefficient (Wildman–Crippen LogP) is 2.28. The van der Waals surface area contributed by atoms with Crippen molar-refractivity contribution in [2.45, 2.75) is 45.5 Å². The monoisotopic (exact) mass is 287 g/mol. The van der Waals surface area contributed by atoms with Crippen LogP contribution in [0, 0.1) is 5.41 Å². The maximum Gasteiger partial charge on any atom is 0.324 e. The van der Waals surface area contributed by atoms with Crippen LogP contribution < -0.4 is 5.32 Å². The molecule has 0 saturated heterocycles. The first-order valence-electron chi connectivity index (χ1n) is 5.77. The zero-order valence-corrected chi connectivity index (χ0v) is 10.7. The SMILES string of the molecule is CCC(CC)(CC(=O)NCC(F)(F)C(F)F)C(=O)O. The fraction of sp³-hybridized carbons (Fsp3) is 0.818. The molecule has 2 N–H and O–H groups in total. The summed E-state index contributed by atoms with van der Waals surface area (Å²) < 4.78 is 48.9. The van der Waals surface area contributed by atoms with Crippen LogP contribution in [0.25, 0.3) is 0 Å². The van der Waals surface area contributed by atoms with E-state index in [9.17, 15) is 27.2 Å². The molecule has 1 amide bonds. The van der Waals surface area contributed by atoms with E-state index in [1.165, 1.54) is 0 Å². The molecule has 0 radical (unpaired) electrons. The van der Waals surface area contributed by atoms with E-state index in [0.717, 1.165) is 0 Å². The molecule has 0 spiro atoms. The van der Waals surface area contributed by atoms with Crippen molar-refractivity contribution in [3.05, 3.63) is 0 Å². The molecule has 0 aromatic heterocycles. The Balaban J connectivity index is 4.58. The first-order chi connectivity index (χ1) is 8.61. The first-order valence-corrected chi connectivity index (χ1v) is 5.77. The van der Waals surface area contributed by atoms with Gasteiger partial charge in [0, 0.05) is 6.42 Å². The van der Waals surface area contributed by atoms with Crippen molar-refractivity contribution in [2.24, 2.45) is 5.41 Å². The van der Waals surface area contributed by atoms with Gasteiger partial charge in [0.05, 0.1) is 12.0 Å². The molecule has 0 fully saturated rings. The molecule has 0 aliphatic heterocycles. The third-order valence-corrected chi connectivity index (χ3v) is 3.15. The number of nitrogens with one attached hydrogen (secondary N) is 1. The minimum atomic E-state index is -4.32. The van der Waals surface area contributed by atoms with Crippen molar-refractivity contribution in [1.82, 2.24) is 5.32 Å². The average Bonchev–Trinajstić information content (AvgIpc) is 2.33. The maximum atomic E-state index is 12.6. The maximum absolute atomic E-state index is 12.6. The molecule has 0 aliphatic carbocycles. The molecule has 0 aromatic rings. The number of halogens is 4. The van der Waals surface area contributed by atoms with Crippen molar-refractivity contribution in [3.8, 4) is 0 Å². The molecule has 112 valence electrons. The lowest BCUT2D eigenvalue weighted by atomic mass is 9.79. The molecule has 0 unspecified atom stereocenters. The highest BCUT2D eigenvalue weighted by atomic mass is 19.3. The molecule has 0 saturated carbocycles. The lowest BCUT2D eigenvalue weighted by Crippen LogP contribution is -2.44. The van der Waals surface area contributed by atoms with Crippen LogP contribution in [0.5, 0.6) is 0 Å². The molecular weight excluding hydrogens is 270 g/mol. The Kier molecular flexibility index (Phi) is 6.24. The van der Waals surface area contributed by atoms with E-state index in [0.29, 0.717) is 0 Å². The highest BCUT2D eigenvalue weighted by Crippen LogP contribution is 2.31. The molecule has 0 aromatic carbocycles. The average molecular weight is 287 g/mol. The van der Waals surface area contributed by atoms with E-state index in [-0.39, 0.29) is 12.8 Å². The molecular formula is C11H17F4NO3. The molecule has 4 nitrogen and oxygen atoms in total. The van der Waals surface area contributed by atoms with Crippen LogP contribution >= 0.6 is 0 Å². The smallest absolute Gasteiger partial charge is 0.324 e. The van der Waals surface area contributed by atoms with Crippen molar-refractivity contribution in [3.63, 3.8) is 0 Å². The molecule has 0 heterocycles. The summed E-state index contributed by atoms with van der Waals surface area (Å²) in [6, 6.07) is 0. The first kappa shape index (κ1) is 17.7. The number of carbonyl (C=O) groups is 2. The normalized spacial score (nSPS) is 12.6. The second-order valence-electron chi connectivity index (χ2n) is 4.31. The number of carboxylic acid groups (broad SMARTS) is 1. The van der Waals surface area contributed by atoms with E-state index in [1.54, 1.807) is 19.2 Å². The highest BCUT2D eigenvalue weighted by Gasteiger charge is 2.42. The van der Waals surface area contributed by atoms with Gasteiger partial charge in [0.15, 0.2) is 0 Å². The predicted molar refractivity (Wildman–Crippen MR) is 59.2 cm³/mol. The summed E-state index contributed by atoms with van der Waals surface area (Å²) in [6.45, 7) is 1.60. The summed E-state index contributed by atoms with van der Waals surface area (Å²) in [5.41, 5.74) is -1.36. The largest absolute Gasteiger partial charge is 0.481 e. The third kappa shape index (κ3) is 4.68. The van der Waals surface area contributed by atoms with Crippen LogP contribution in [-0.2, 0) is 9.59 Å². The topological polar surface area (TPSA) is 66.4 Å². The van der Waals surface area contributed by atoms with Gasteiger partial charge in [-0.05, 0) is 12.8 Å². The van der Waals surface area contributed by atoms with Crippen LogP contribution in [0.2, 0.25) is 0 Å². The van der Waals surface area contributed by atoms with Crippen LogP contribution in [0.1, 0.15) is 33.1 Å². The Bertz CT molecular complexity index is 330. The second kappa shape index (κ2) is 6.72. The fourth-order valence-corrected chi connectivity index (χ4v) is 1.54. The van der Waals surface area contributed by atoms with Gasteiger partial charge in [-0.2, -0.15) is 8.78 Å². The zero-order valence-electron chi connectivity index (χ0n) is 10.7. The second-order valence-corrected chi connectivity index (χ2v) is 4.31. The molecule has 19 heavy (non-hydrogen) atoms. The summed E-state index contributed by atoms with van der Waals surface area (Å²) in [7, 11) is 0. The van der Waals surface area contributed by atoms with Crippen molar-refractivity contribution >= 4 is 11.9 Å². The number of carboxylic acids is 1. The van der Waals surface area contributed by atoms with Crippen LogP contribution in [0.3, 0.4) is 0 Å². The highest BCUT2D eigenvalue weighted by molar-refractivity contribution is 5.84. The quantitative estimate of drug-likeness (QED) is 0.673. The molecule has 0 rings (SSSR count). The van der Waals surface area contributed by atoms with Crippen molar-refractivity contribution in [2.75, 3.05) is 6.54 Å². The molecule has 0 aliphatic rings. The molecule has 8 heteroatoms. The standard InChI is InChI=1S/C11H17F4NO3/c1-3-10(4-2,9(18)19)5-7(17)16-6-11(14,15)8(12)13/h8H,3-6H2,1-2H3,(H,16,17)(H,18,19). The number of hydrogen-bond acceptors (Lipinski definition) is 2. The molecule has 0 bridgehead atoms. The minimum Gasteiger partial charge on any atom is -0.481 e. The minimum absolute atomic E-state index is 0.136. The third-order valence-electron chi connectivity index (χ3n) is 3.15. The van der Waals surface area contributed by atoms with Gasteiger partial charge < -0.3 is 10.4 Å². The van der Waals surface area contributed by atoms with E-state index in [1.807, 2.05) is 0 Å². The Morgan fingerprint density at radius 3 is 2.00 bits per heavy atom. The summed E-state index contributed by atoms with van der Waals surface area (Å²) in [5.74, 6) is -6.51. The Labute approximate surface area is 108 Å². The van der Waals surface area contributed by atoms with Gasteiger partial charge in [-0.25, -0.2) is 8.78 Å². The lowest BCUT2D eigenvalue weighted by molar-refractivity contribution is -0.153. The van der Waals surface area contributed by atoms with Crippen molar-refractivity contribution in [1.29, 1.82) is 0 Å². The number of aliphatic carboxylic acids is 1. The lowest BCUT2D eigenvalue weighted by Gasteiger charge is -2.26. The summed E-state index contributed by atoms with van der Waals surface area (Å²) in [6.07, 6.45) is -4.13. The Hall–Kier alpha value is -1.34. The number of carbonyl (C=O) groups excluding carboxylic acids is 1. The Morgan fingerprint density at radius 1 is 1.21 bits per heavy atom. The van der Waals surface area contributed by atoms with E-state index >= 15 is 0 Å². The molecule has 0 atom stereocenters. The van der Waals surface area contributed by atoms with Gasteiger partial charge in [0.1, 0.15) is 0 Å². The van der Waals surface area contributed by atoms with Gasteiger partial charge in [0.25, 0.3) is 0 Å². The van der Waals surface area contributed by atoms with E-state index < -0.39 is 42.6 Å². The number of alkyl halides is 4. The number of amides is 1. The van der Waals surface area contributed by atoms with E-state index in [4.69, 9.17) is 5.11 Å². The van der Waals surface area contributed by atoms with Gasteiger partial charge in [-0.15, -0.1) is 0 Å². The Morgan fingerprint density at radius 2 is 1.68 bits per heavy atom. The van der Waals surface area contributed by atoms with Crippen LogP contribution in [0.15, 0.2) is 0 Å². The van der Waals surface area contributed by atoms with Gasteiger partial charge in [0.2, 0.25) is 5.91 Å². The van der Waals surface area contributed by atoms with Gasteiger partial charge >= 0.3 is 18.3 Å².